The van der Waals surface area contributed by atoms with Crippen LogP contribution in [0.5, 0.6) is 0 Å². The van der Waals surface area contributed by atoms with Gasteiger partial charge in [-0.2, -0.15) is 0 Å². The van der Waals surface area contributed by atoms with E-state index in [4.69, 9.17) is 9.47 Å². The Hall–Kier alpha value is -1.46. The normalized spacial score (nSPS) is 15.9. The quantitative estimate of drug-likeness (QED) is 0.818. The number of hydrogen-bond donors (Lipinski definition) is 0. The fourth-order valence-electron chi connectivity index (χ4n) is 1.92. The number of nitrogens with zero attached hydrogens (tertiary/aromatic N) is 2. The molecule has 1 aliphatic heterocycles. The van der Waals surface area contributed by atoms with Crippen LogP contribution < -0.4 is 4.90 Å². The Labute approximate surface area is 107 Å². The number of amides is 1. The molecule has 98 valence electrons. The summed E-state index contributed by atoms with van der Waals surface area (Å²) in [4.78, 5) is 17.5. The summed E-state index contributed by atoms with van der Waals surface area (Å²) in [6, 6.07) is 3.72. The van der Waals surface area contributed by atoms with Crippen molar-refractivity contribution < 1.29 is 14.3 Å². The number of carbonyl (C=O) groups excluding carboxylic acids is 1. The highest BCUT2D eigenvalue weighted by Gasteiger charge is 2.20. The van der Waals surface area contributed by atoms with Crippen molar-refractivity contribution in [3.63, 3.8) is 0 Å². The van der Waals surface area contributed by atoms with E-state index in [2.05, 4.69) is 4.98 Å². The molecule has 1 aromatic rings. The zero-order valence-electron chi connectivity index (χ0n) is 10.8. The Morgan fingerprint density at radius 3 is 2.67 bits per heavy atom. The van der Waals surface area contributed by atoms with Crippen LogP contribution in [0.1, 0.15) is 32.3 Å². The molecule has 1 aromatic heterocycles. The maximum Gasteiger partial charge on any atom is 0.223 e. The van der Waals surface area contributed by atoms with E-state index in [-0.39, 0.29) is 12.2 Å². The summed E-state index contributed by atoms with van der Waals surface area (Å²) < 4.78 is 10.7. The summed E-state index contributed by atoms with van der Waals surface area (Å²) in [5.74, 6) is 0.0276. The van der Waals surface area contributed by atoms with Crippen LogP contribution in [-0.2, 0) is 14.3 Å². The molecule has 0 bridgehead atoms. The van der Waals surface area contributed by atoms with Crippen molar-refractivity contribution in [1.29, 1.82) is 0 Å². The Bertz CT molecular complexity index is 399. The average Bonchev–Trinajstić information content (AvgIpc) is 2.90. The van der Waals surface area contributed by atoms with Gasteiger partial charge in [0.15, 0.2) is 0 Å². The lowest BCUT2D eigenvalue weighted by molar-refractivity contribution is -0.116. The Morgan fingerprint density at radius 2 is 2.17 bits per heavy atom. The zero-order valence-corrected chi connectivity index (χ0v) is 10.8. The van der Waals surface area contributed by atoms with Crippen molar-refractivity contribution in [1.82, 2.24) is 4.98 Å². The maximum absolute atomic E-state index is 11.5. The molecule has 5 nitrogen and oxygen atoms in total. The minimum atomic E-state index is -0.365. The molecule has 18 heavy (non-hydrogen) atoms. The Morgan fingerprint density at radius 1 is 1.44 bits per heavy atom. The number of anilines is 1. The second kappa shape index (κ2) is 5.93. The van der Waals surface area contributed by atoms with Gasteiger partial charge in [0.1, 0.15) is 0 Å². The van der Waals surface area contributed by atoms with E-state index < -0.39 is 0 Å². The van der Waals surface area contributed by atoms with Gasteiger partial charge in [-0.05, 0) is 18.6 Å². The second-order valence-electron chi connectivity index (χ2n) is 4.19. The number of hydrogen-bond acceptors (Lipinski definition) is 4. The first-order chi connectivity index (χ1) is 8.72. The molecule has 1 fully saturated rings. The number of ether oxygens (including phenoxy) is 2. The molecular weight excluding hydrogens is 232 g/mol. The third-order valence-corrected chi connectivity index (χ3v) is 2.77. The molecule has 2 heterocycles. The number of aromatic nitrogens is 1. The number of pyridine rings is 1. The molecule has 5 heteroatoms. The topological polar surface area (TPSA) is 51.7 Å². The SMILES string of the molecule is CCCN(C(C)=O)c1ccc(C2OCCO2)nc1. The molecule has 0 N–H and O–H groups in total. The van der Waals surface area contributed by atoms with Gasteiger partial charge in [0, 0.05) is 13.5 Å². The van der Waals surface area contributed by atoms with Crippen LogP contribution in [0.4, 0.5) is 5.69 Å². The summed E-state index contributed by atoms with van der Waals surface area (Å²) in [6.45, 7) is 5.50. The van der Waals surface area contributed by atoms with Crippen molar-refractivity contribution in [2.45, 2.75) is 26.6 Å². The lowest BCUT2D eigenvalue weighted by Gasteiger charge is -2.20. The van der Waals surface area contributed by atoms with Gasteiger partial charge in [0.05, 0.1) is 30.8 Å². The fraction of sp³-hybridized carbons (Fsp3) is 0.538. The Kier molecular flexibility index (Phi) is 4.28. The van der Waals surface area contributed by atoms with E-state index in [0.29, 0.717) is 19.8 Å². The summed E-state index contributed by atoms with van der Waals surface area (Å²) >= 11 is 0. The average molecular weight is 250 g/mol. The van der Waals surface area contributed by atoms with Crippen LogP contribution >= 0.6 is 0 Å². The lowest BCUT2D eigenvalue weighted by atomic mass is 10.3. The van der Waals surface area contributed by atoms with Crippen LogP contribution in [0, 0.1) is 0 Å². The zero-order chi connectivity index (χ0) is 13.0. The highest BCUT2D eigenvalue weighted by atomic mass is 16.7. The largest absolute Gasteiger partial charge is 0.345 e. The monoisotopic (exact) mass is 250 g/mol. The molecule has 0 atom stereocenters. The predicted octanol–water partition coefficient (Wildman–Crippen LogP) is 1.89. The molecular formula is C13H18N2O3. The Balaban J connectivity index is 2.12. The van der Waals surface area contributed by atoms with Crippen molar-refractivity contribution in [2.75, 3.05) is 24.7 Å². The molecule has 0 spiro atoms. The molecule has 0 aliphatic carbocycles. The molecule has 0 aromatic carbocycles. The number of carbonyl (C=O) groups is 1. The van der Waals surface area contributed by atoms with Gasteiger partial charge in [-0.25, -0.2) is 0 Å². The first-order valence-corrected chi connectivity index (χ1v) is 6.19. The minimum Gasteiger partial charge on any atom is -0.345 e. The minimum absolute atomic E-state index is 0.0276. The molecule has 0 radical (unpaired) electrons. The molecule has 1 amide bonds. The molecule has 1 saturated heterocycles. The van der Waals surface area contributed by atoms with Gasteiger partial charge in [-0.15, -0.1) is 0 Å². The van der Waals surface area contributed by atoms with Crippen molar-refractivity contribution >= 4 is 11.6 Å². The molecule has 2 rings (SSSR count). The highest BCUT2D eigenvalue weighted by Crippen LogP contribution is 2.23. The van der Waals surface area contributed by atoms with Gasteiger partial charge in [0.2, 0.25) is 12.2 Å². The lowest BCUT2D eigenvalue weighted by Crippen LogP contribution is -2.29. The fourth-order valence-corrected chi connectivity index (χ4v) is 1.92. The van der Waals surface area contributed by atoms with Crippen molar-refractivity contribution in [3.05, 3.63) is 24.0 Å². The summed E-state index contributed by atoms with van der Waals surface area (Å²) in [6.07, 6.45) is 2.24. The smallest absolute Gasteiger partial charge is 0.223 e. The van der Waals surface area contributed by atoms with Crippen LogP contribution in [0.3, 0.4) is 0 Å². The first kappa shape index (κ1) is 13.0. The van der Waals surface area contributed by atoms with Crippen LogP contribution in [0.25, 0.3) is 0 Å². The standard InChI is InChI=1S/C13H18N2O3/c1-3-6-15(10(2)16)11-4-5-12(14-9-11)13-17-7-8-18-13/h4-5,9,13H,3,6-8H2,1-2H3. The van der Waals surface area contributed by atoms with Gasteiger partial charge in [-0.3, -0.25) is 9.78 Å². The van der Waals surface area contributed by atoms with Gasteiger partial charge in [-0.1, -0.05) is 6.92 Å². The van der Waals surface area contributed by atoms with E-state index in [1.54, 1.807) is 18.0 Å². The van der Waals surface area contributed by atoms with E-state index in [0.717, 1.165) is 17.8 Å². The highest BCUT2D eigenvalue weighted by molar-refractivity contribution is 5.91. The summed E-state index contributed by atoms with van der Waals surface area (Å²) in [5, 5.41) is 0. The van der Waals surface area contributed by atoms with Gasteiger partial charge >= 0.3 is 0 Å². The van der Waals surface area contributed by atoms with Crippen LogP contribution in [0.15, 0.2) is 18.3 Å². The van der Waals surface area contributed by atoms with E-state index in [1.165, 1.54) is 0 Å². The number of rotatable bonds is 4. The van der Waals surface area contributed by atoms with Crippen molar-refractivity contribution in [2.24, 2.45) is 0 Å². The van der Waals surface area contributed by atoms with Crippen LogP contribution in [0.2, 0.25) is 0 Å². The first-order valence-electron chi connectivity index (χ1n) is 6.19. The molecule has 0 unspecified atom stereocenters. The van der Waals surface area contributed by atoms with Gasteiger partial charge < -0.3 is 14.4 Å². The van der Waals surface area contributed by atoms with E-state index in [1.807, 2.05) is 19.1 Å². The molecule has 1 aliphatic rings. The summed E-state index contributed by atoms with van der Waals surface area (Å²) in [5.41, 5.74) is 1.56. The predicted molar refractivity (Wildman–Crippen MR) is 67.2 cm³/mol. The third-order valence-electron chi connectivity index (χ3n) is 2.77. The maximum atomic E-state index is 11.5. The third kappa shape index (κ3) is 2.86. The summed E-state index contributed by atoms with van der Waals surface area (Å²) in [7, 11) is 0. The van der Waals surface area contributed by atoms with E-state index in [9.17, 15) is 4.79 Å². The molecule has 0 saturated carbocycles. The van der Waals surface area contributed by atoms with E-state index >= 15 is 0 Å². The van der Waals surface area contributed by atoms with Crippen LogP contribution in [-0.4, -0.2) is 30.6 Å². The van der Waals surface area contributed by atoms with Gasteiger partial charge in [0.25, 0.3) is 0 Å². The van der Waals surface area contributed by atoms with Crippen molar-refractivity contribution in [3.8, 4) is 0 Å². The second-order valence-corrected chi connectivity index (χ2v) is 4.19.